The highest BCUT2D eigenvalue weighted by atomic mass is 32.2. The molecule has 0 bridgehead atoms. The average Bonchev–Trinajstić information content (AvgIpc) is 2.89. The standard InChI is InChI=1S/C25H17F6N5O.CH4O3S/c1-14-4-5-19(12-21(14)36-23-33-8-6-20(35-23)15-3-2-7-32-13-15)34-22(37)16-9-17(24(26,27)28)11-18(10-16)25(29,30)31;1-5(2,3)4/h2-13H,1H3,(H,34,37)(H,33,35,36);1H3,(H,2,3,4). The summed E-state index contributed by atoms with van der Waals surface area (Å²) < 4.78 is 105. The Bertz CT molecular complexity index is 1640. The third-order valence-corrected chi connectivity index (χ3v) is 5.20. The number of nitrogens with one attached hydrogen (secondary N) is 2. The molecule has 2 aromatic carbocycles. The number of pyridine rings is 1. The van der Waals surface area contributed by atoms with Crippen molar-refractivity contribution in [3.8, 4) is 11.3 Å². The van der Waals surface area contributed by atoms with Crippen LogP contribution in [0, 0.1) is 6.92 Å². The Morgan fingerprint density at radius 2 is 1.52 bits per heavy atom. The molecule has 4 rings (SSSR count). The maximum Gasteiger partial charge on any atom is 0.416 e. The fraction of sp³-hybridized carbons (Fsp3) is 0.154. The van der Waals surface area contributed by atoms with Gasteiger partial charge >= 0.3 is 12.4 Å². The van der Waals surface area contributed by atoms with Gasteiger partial charge in [0.2, 0.25) is 5.95 Å². The first kappa shape index (κ1) is 32.0. The second-order valence-corrected chi connectivity index (χ2v) is 10.1. The summed E-state index contributed by atoms with van der Waals surface area (Å²) in [7, 11) is -3.67. The molecule has 3 N–H and O–H groups in total. The van der Waals surface area contributed by atoms with Crippen LogP contribution in [-0.4, -0.2) is 40.1 Å². The first-order valence-corrected chi connectivity index (χ1v) is 13.4. The Hall–Kier alpha value is -4.57. The van der Waals surface area contributed by atoms with E-state index in [9.17, 15) is 39.6 Å². The fourth-order valence-electron chi connectivity index (χ4n) is 3.34. The predicted molar refractivity (Wildman–Crippen MR) is 142 cm³/mol. The van der Waals surface area contributed by atoms with Crippen LogP contribution in [0.3, 0.4) is 0 Å². The van der Waals surface area contributed by atoms with Crippen molar-refractivity contribution in [3.63, 3.8) is 0 Å². The van der Waals surface area contributed by atoms with E-state index in [0.29, 0.717) is 35.3 Å². The highest BCUT2D eigenvalue weighted by Gasteiger charge is 2.37. The Morgan fingerprint density at radius 1 is 0.905 bits per heavy atom. The van der Waals surface area contributed by atoms with E-state index in [1.54, 1.807) is 37.5 Å². The number of carbonyl (C=O) groups is 1. The summed E-state index contributed by atoms with van der Waals surface area (Å²) in [6.45, 7) is 1.75. The normalized spacial score (nSPS) is 11.7. The minimum Gasteiger partial charge on any atom is -0.324 e. The van der Waals surface area contributed by atoms with Gasteiger partial charge in [-0.15, -0.1) is 0 Å². The summed E-state index contributed by atoms with van der Waals surface area (Å²) in [5.41, 5.74) is -1.29. The van der Waals surface area contributed by atoms with Crippen molar-refractivity contribution in [3.05, 3.63) is 95.4 Å². The molecule has 0 unspecified atom stereocenters. The molecule has 222 valence electrons. The number of nitrogens with zero attached hydrogens (tertiary/aromatic N) is 3. The number of hydrogen-bond donors (Lipinski definition) is 3. The molecule has 4 aromatic rings. The molecule has 2 heterocycles. The molecule has 0 aliphatic heterocycles. The van der Waals surface area contributed by atoms with Crippen LogP contribution < -0.4 is 10.6 Å². The van der Waals surface area contributed by atoms with Crippen LogP contribution in [0.5, 0.6) is 0 Å². The van der Waals surface area contributed by atoms with E-state index in [-0.39, 0.29) is 17.7 Å². The Morgan fingerprint density at radius 3 is 2.07 bits per heavy atom. The number of carbonyl (C=O) groups excluding carboxylic acids is 1. The SMILES string of the molecule is CS(=O)(=O)O.Cc1ccc(NC(=O)c2cc(C(F)(F)F)cc(C(F)(F)F)c2)cc1Nc1nccc(-c2cccnc2)n1. The molecular weight excluding hydrogens is 592 g/mol. The van der Waals surface area contributed by atoms with Crippen molar-refractivity contribution >= 4 is 33.3 Å². The largest absolute Gasteiger partial charge is 0.416 e. The predicted octanol–water partition coefficient (Wildman–Crippen LogP) is 6.38. The molecule has 9 nitrogen and oxygen atoms in total. The van der Waals surface area contributed by atoms with E-state index < -0.39 is 45.1 Å². The molecular formula is C26H21F6N5O4S. The lowest BCUT2D eigenvalue weighted by atomic mass is 10.0. The molecule has 0 spiro atoms. The van der Waals surface area contributed by atoms with Crippen molar-refractivity contribution in [2.75, 3.05) is 16.9 Å². The Balaban J connectivity index is 0.000000892. The van der Waals surface area contributed by atoms with Crippen molar-refractivity contribution < 1.29 is 44.1 Å². The van der Waals surface area contributed by atoms with Gasteiger partial charge in [-0.1, -0.05) is 6.07 Å². The van der Waals surface area contributed by atoms with Crippen LogP contribution in [0.1, 0.15) is 27.0 Å². The number of rotatable bonds is 5. The molecule has 0 aliphatic rings. The van der Waals surface area contributed by atoms with Gasteiger partial charge in [0, 0.05) is 41.1 Å². The van der Waals surface area contributed by atoms with Gasteiger partial charge in [0.25, 0.3) is 16.0 Å². The van der Waals surface area contributed by atoms with Crippen LogP contribution >= 0.6 is 0 Å². The van der Waals surface area contributed by atoms with E-state index in [4.69, 9.17) is 4.55 Å². The first-order valence-electron chi connectivity index (χ1n) is 11.5. The minimum atomic E-state index is -5.07. The molecule has 0 saturated carbocycles. The lowest BCUT2D eigenvalue weighted by molar-refractivity contribution is -0.143. The Labute approximate surface area is 235 Å². The maximum absolute atomic E-state index is 13.1. The molecule has 0 aliphatic carbocycles. The van der Waals surface area contributed by atoms with E-state index in [2.05, 4.69) is 25.6 Å². The topological polar surface area (TPSA) is 134 Å². The molecule has 0 saturated heterocycles. The quantitative estimate of drug-likeness (QED) is 0.174. The van der Waals surface area contributed by atoms with E-state index >= 15 is 0 Å². The fourth-order valence-corrected chi connectivity index (χ4v) is 3.34. The smallest absolute Gasteiger partial charge is 0.324 e. The van der Waals surface area contributed by atoms with Crippen LogP contribution in [0.15, 0.2) is 73.2 Å². The number of anilines is 3. The average molecular weight is 614 g/mol. The molecule has 0 radical (unpaired) electrons. The van der Waals surface area contributed by atoms with Crippen LogP contribution in [0.4, 0.5) is 43.7 Å². The van der Waals surface area contributed by atoms with Gasteiger partial charge < -0.3 is 10.6 Å². The maximum atomic E-state index is 13.1. The van der Waals surface area contributed by atoms with Crippen molar-refractivity contribution in [2.45, 2.75) is 19.3 Å². The van der Waals surface area contributed by atoms with Crippen molar-refractivity contribution in [2.24, 2.45) is 0 Å². The number of aryl methyl sites for hydroxylation is 1. The summed E-state index contributed by atoms with van der Waals surface area (Å²) in [6, 6.07) is 10.5. The van der Waals surface area contributed by atoms with E-state index in [1.807, 2.05) is 6.07 Å². The Kier molecular flexibility index (Phi) is 9.53. The highest BCUT2D eigenvalue weighted by Crippen LogP contribution is 2.36. The number of hydrogen-bond acceptors (Lipinski definition) is 7. The summed E-state index contributed by atoms with van der Waals surface area (Å²) in [6.07, 6.45) is -4.64. The second kappa shape index (κ2) is 12.5. The van der Waals surface area contributed by atoms with Crippen LogP contribution in [0.25, 0.3) is 11.3 Å². The van der Waals surface area contributed by atoms with Gasteiger partial charge in [-0.25, -0.2) is 9.97 Å². The van der Waals surface area contributed by atoms with Crippen molar-refractivity contribution in [1.82, 2.24) is 15.0 Å². The monoisotopic (exact) mass is 613 g/mol. The van der Waals surface area contributed by atoms with Crippen molar-refractivity contribution in [1.29, 1.82) is 0 Å². The molecule has 42 heavy (non-hydrogen) atoms. The summed E-state index contributed by atoms with van der Waals surface area (Å²) >= 11 is 0. The van der Waals surface area contributed by atoms with E-state index in [1.165, 1.54) is 18.3 Å². The first-order chi connectivity index (χ1) is 19.4. The van der Waals surface area contributed by atoms with Crippen LogP contribution in [-0.2, 0) is 22.5 Å². The van der Waals surface area contributed by atoms with Gasteiger partial charge in [0.15, 0.2) is 0 Å². The zero-order valence-corrected chi connectivity index (χ0v) is 22.4. The third kappa shape index (κ3) is 9.52. The molecule has 0 atom stereocenters. The summed E-state index contributed by atoms with van der Waals surface area (Å²) in [4.78, 5) is 25.3. The zero-order chi connectivity index (χ0) is 31.3. The van der Waals surface area contributed by atoms with Gasteiger partial charge in [-0.3, -0.25) is 14.3 Å². The molecule has 16 heteroatoms. The van der Waals surface area contributed by atoms with Gasteiger partial charge in [0.1, 0.15) is 0 Å². The molecule has 1 amide bonds. The summed E-state index contributed by atoms with van der Waals surface area (Å²) in [5, 5.41) is 5.35. The summed E-state index contributed by atoms with van der Waals surface area (Å²) in [5.74, 6) is -0.915. The molecule has 2 aromatic heterocycles. The number of halogens is 6. The highest BCUT2D eigenvalue weighted by molar-refractivity contribution is 7.85. The number of aromatic nitrogens is 3. The minimum absolute atomic E-state index is 0.0374. The number of amides is 1. The van der Waals surface area contributed by atoms with Gasteiger partial charge in [-0.05, 0) is 61.0 Å². The second-order valence-electron chi connectivity index (χ2n) is 8.64. The zero-order valence-electron chi connectivity index (χ0n) is 21.6. The number of benzene rings is 2. The third-order valence-electron chi connectivity index (χ3n) is 5.20. The van der Waals surface area contributed by atoms with Gasteiger partial charge in [-0.2, -0.15) is 34.8 Å². The van der Waals surface area contributed by atoms with Crippen LogP contribution in [0.2, 0.25) is 0 Å². The lowest BCUT2D eigenvalue weighted by Crippen LogP contribution is -2.17. The van der Waals surface area contributed by atoms with E-state index in [0.717, 1.165) is 5.56 Å². The lowest BCUT2D eigenvalue weighted by Gasteiger charge is -2.15. The number of alkyl halides is 6. The van der Waals surface area contributed by atoms with Gasteiger partial charge in [0.05, 0.1) is 23.1 Å². The molecule has 0 fully saturated rings.